The Morgan fingerprint density at radius 2 is 0.694 bits per heavy atom. The van der Waals surface area contributed by atoms with Crippen molar-refractivity contribution in [3.8, 4) is 0 Å². The quantitative estimate of drug-likeness (QED) is 0.0832. The lowest BCUT2D eigenvalue weighted by Crippen LogP contribution is -2.49. The molecule has 0 unspecified atom stereocenters. The van der Waals surface area contributed by atoms with Crippen LogP contribution in [0, 0.1) is 0 Å². The molecule has 0 aliphatic rings. The highest BCUT2D eigenvalue weighted by Gasteiger charge is 2.26. The van der Waals surface area contributed by atoms with Crippen molar-refractivity contribution in [1.82, 2.24) is 0 Å². The highest BCUT2D eigenvalue weighted by molar-refractivity contribution is 5.13. The first-order valence-corrected chi connectivity index (χ1v) is 16.7. The molecule has 0 spiro atoms. The normalized spacial score (nSPS) is 11.9. The molecule has 0 N–H and O–H groups in total. The van der Waals surface area contributed by atoms with Gasteiger partial charge in [-0.15, -0.1) is 0 Å². The largest absolute Gasteiger partial charge is 0.320 e. The third-order valence-electron chi connectivity index (χ3n) is 8.32. The van der Waals surface area contributed by atoms with E-state index in [0.29, 0.717) is 0 Å². The first kappa shape index (κ1) is 33.2. The highest BCUT2D eigenvalue weighted by Crippen LogP contribution is 2.22. The van der Waals surface area contributed by atoms with E-state index in [1.165, 1.54) is 172 Å². The Hall–Kier alpha value is -0.820. The van der Waals surface area contributed by atoms with E-state index in [2.05, 4.69) is 51.1 Å². The number of hydrogen-bond acceptors (Lipinski definition) is 0. The van der Waals surface area contributed by atoms with Gasteiger partial charge in [0.25, 0.3) is 0 Å². The van der Waals surface area contributed by atoms with E-state index in [1.807, 2.05) is 0 Å². The van der Waals surface area contributed by atoms with Crippen molar-refractivity contribution >= 4 is 0 Å². The maximum Gasteiger partial charge on any atom is 0.104 e. The van der Waals surface area contributed by atoms with Gasteiger partial charge >= 0.3 is 0 Å². The molecular formula is C35H66N+. The van der Waals surface area contributed by atoms with E-state index in [4.69, 9.17) is 0 Å². The third-order valence-corrected chi connectivity index (χ3v) is 8.32. The van der Waals surface area contributed by atoms with E-state index >= 15 is 0 Å². The lowest BCUT2D eigenvalue weighted by atomic mass is 10.0. The Morgan fingerprint density at radius 3 is 1.03 bits per heavy atom. The van der Waals surface area contributed by atoms with Gasteiger partial charge in [-0.05, 0) is 38.5 Å². The van der Waals surface area contributed by atoms with Gasteiger partial charge in [0, 0.05) is 5.56 Å². The zero-order chi connectivity index (χ0) is 26.0. The van der Waals surface area contributed by atoms with Gasteiger partial charge in [0.15, 0.2) is 0 Å². The smallest absolute Gasteiger partial charge is 0.104 e. The molecule has 36 heavy (non-hydrogen) atoms. The van der Waals surface area contributed by atoms with Gasteiger partial charge in [0.05, 0.1) is 19.6 Å². The van der Waals surface area contributed by atoms with Gasteiger partial charge in [0.2, 0.25) is 0 Å². The molecule has 0 atom stereocenters. The first-order valence-electron chi connectivity index (χ1n) is 16.7. The fraction of sp³-hybridized carbons (Fsp3) is 0.829. The Labute approximate surface area is 228 Å². The van der Waals surface area contributed by atoms with Crippen LogP contribution in [-0.4, -0.2) is 24.1 Å². The fourth-order valence-electron chi connectivity index (χ4n) is 5.93. The van der Waals surface area contributed by atoms with Gasteiger partial charge in [-0.3, -0.25) is 0 Å². The Bertz CT molecular complexity index is 535. The minimum absolute atomic E-state index is 1.25. The topological polar surface area (TPSA) is 0 Å². The molecule has 0 amide bonds. The Balaban J connectivity index is 2.60. The van der Waals surface area contributed by atoms with Crippen molar-refractivity contribution in [3.05, 3.63) is 35.9 Å². The molecule has 1 aromatic carbocycles. The summed E-state index contributed by atoms with van der Waals surface area (Å²) in [4.78, 5) is 0. The second-order valence-corrected chi connectivity index (χ2v) is 11.9. The monoisotopic (exact) mass is 501 g/mol. The molecule has 0 heterocycles. The number of unbranched alkanes of at least 4 members (excludes halogenated alkanes) is 19. The lowest BCUT2D eigenvalue weighted by molar-refractivity contribution is -0.941. The van der Waals surface area contributed by atoms with Crippen LogP contribution in [0.1, 0.15) is 168 Å². The second-order valence-electron chi connectivity index (χ2n) is 11.9. The van der Waals surface area contributed by atoms with Gasteiger partial charge in [-0.25, -0.2) is 0 Å². The van der Waals surface area contributed by atoms with Gasteiger partial charge in [-0.2, -0.15) is 0 Å². The number of quaternary nitrogens is 1. The summed E-state index contributed by atoms with van der Waals surface area (Å²) in [5, 5.41) is 0. The molecular weight excluding hydrogens is 434 g/mol. The average molecular weight is 501 g/mol. The van der Waals surface area contributed by atoms with Crippen molar-refractivity contribution < 1.29 is 4.48 Å². The number of nitrogens with zero attached hydrogens (tertiary/aromatic N) is 1. The fourth-order valence-corrected chi connectivity index (χ4v) is 5.93. The summed E-state index contributed by atoms with van der Waals surface area (Å²) in [5.41, 5.74) is 1.56. The maximum absolute atomic E-state index is 2.38. The predicted molar refractivity (Wildman–Crippen MR) is 164 cm³/mol. The summed E-state index contributed by atoms with van der Waals surface area (Å²) < 4.78 is 1.35. The molecule has 1 aromatic rings. The molecule has 0 saturated carbocycles. The van der Waals surface area contributed by atoms with Gasteiger partial charge < -0.3 is 4.48 Å². The van der Waals surface area contributed by atoms with Crippen LogP contribution in [0.4, 0.5) is 0 Å². The van der Waals surface area contributed by atoms with Crippen LogP contribution in [0.15, 0.2) is 30.3 Å². The molecule has 0 fully saturated rings. The molecule has 0 aliphatic heterocycles. The molecule has 1 heteroatoms. The Kier molecular flexibility index (Phi) is 22.6. The minimum atomic E-state index is 1.25. The van der Waals surface area contributed by atoms with Crippen molar-refractivity contribution in [2.45, 2.75) is 169 Å². The molecule has 1 nitrogen and oxygen atoms in total. The molecule has 210 valence electrons. The Morgan fingerprint density at radius 1 is 0.389 bits per heavy atom. The summed E-state index contributed by atoms with van der Waals surface area (Å²) >= 11 is 0. The zero-order valence-corrected chi connectivity index (χ0v) is 25.2. The van der Waals surface area contributed by atoms with E-state index in [-0.39, 0.29) is 0 Å². The SMILES string of the molecule is CCCCCCCCCCCC[N+](CCCCCCCC)(CCCCCCCC)Cc1ccccc1. The lowest BCUT2D eigenvalue weighted by Gasteiger charge is -2.39. The number of hydrogen-bond donors (Lipinski definition) is 0. The van der Waals surface area contributed by atoms with E-state index in [9.17, 15) is 0 Å². The van der Waals surface area contributed by atoms with Crippen molar-refractivity contribution in [1.29, 1.82) is 0 Å². The van der Waals surface area contributed by atoms with Crippen LogP contribution >= 0.6 is 0 Å². The summed E-state index contributed by atoms with van der Waals surface area (Å²) in [6, 6.07) is 11.4. The van der Waals surface area contributed by atoms with E-state index in [1.54, 1.807) is 5.56 Å². The summed E-state index contributed by atoms with van der Waals surface area (Å²) in [7, 11) is 0. The van der Waals surface area contributed by atoms with Crippen LogP contribution in [0.3, 0.4) is 0 Å². The van der Waals surface area contributed by atoms with E-state index in [0.717, 1.165) is 0 Å². The summed E-state index contributed by atoms with van der Waals surface area (Å²) in [5.74, 6) is 0. The van der Waals surface area contributed by atoms with Crippen LogP contribution in [-0.2, 0) is 6.54 Å². The highest BCUT2D eigenvalue weighted by atomic mass is 15.3. The minimum Gasteiger partial charge on any atom is -0.320 e. The zero-order valence-electron chi connectivity index (χ0n) is 25.2. The van der Waals surface area contributed by atoms with Gasteiger partial charge in [0.1, 0.15) is 6.54 Å². The molecule has 1 rings (SSSR count). The molecule has 0 radical (unpaired) electrons. The first-order chi connectivity index (χ1) is 17.8. The summed E-state index contributed by atoms with van der Waals surface area (Å²) in [6.07, 6.45) is 31.4. The molecule has 0 aromatic heterocycles. The van der Waals surface area contributed by atoms with Crippen LogP contribution < -0.4 is 0 Å². The maximum atomic E-state index is 2.38. The third kappa shape index (κ3) is 18.4. The molecule has 0 saturated heterocycles. The van der Waals surface area contributed by atoms with Crippen LogP contribution in [0.2, 0.25) is 0 Å². The van der Waals surface area contributed by atoms with E-state index < -0.39 is 0 Å². The van der Waals surface area contributed by atoms with Crippen molar-refractivity contribution in [2.24, 2.45) is 0 Å². The standard InChI is InChI=1S/C35H66N/c1-4-7-10-13-16-17-18-19-22-28-33-36(31-26-20-14-11-8-5-2,32-27-21-15-12-9-6-3)34-35-29-24-23-25-30-35/h23-25,29-30H,4-22,26-28,31-34H2,1-3H3/q+1. The summed E-state index contributed by atoms with van der Waals surface area (Å²) in [6.45, 7) is 12.4. The average Bonchev–Trinajstić information content (AvgIpc) is 2.90. The van der Waals surface area contributed by atoms with Crippen molar-refractivity contribution in [3.63, 3.8) is 0 Å². The number of benzene rings is 1. The van der Waals surface area contributed by atoms with Gasteiger partial charge in [-0.1, -0.05) is 154 Å². The van der Waals surface area contributed by atoms with Crippen LogP contribution in [0.25, 0.3) is 0 Å². The molecule has 0 bridgehead atoms. The van der Waals surface area contributed by atoms with Crippen molar-refractivity contribution in [2.75, 3.05) is 19.6 Å². The van der Waals surface area contributed by atoms with Crippen LogP contribution in [0.5, 0.6) is 0 Å². The number of rotatable bonds is 27. The molecule has 0 aliphatic carbocycles. The predicted octanol–water partition coefficient (Wildman–Crippen LogP) is 11.6. The second kappa shape index (κ2) is 24.5.